The van der Waals surface area contributed by atoms with Crippen LogP contribution in [0.2, 0.25) is 0 Å². The summed E-state index contributed by atoms with van der Waals surface area (Å²) in [6.45, 7) is 4.36. The third kappa shape index (κ3) is 42.0. The fourth-order valence-corrected chi connectivity index (χ4v) is 11.3. The molecule has 0 aromatic carbocycles. The van der Waals surface area contributed by atoms with Crippen molar-refractivity contribution < 1.29 is 58.3 Å². The molecule has 436 valence electrons. The second kappa shape index (κ2) is 50.8. The molecule has 73 heavy (non-hydrogen) atoms. The maximum absolute atomic E-state index is 12.9. The lowest BCUT2D eigenvalue weighted by atomic mass is 9.85. The van der Waals surface area contributed by atoms with E-state index >= 15 is 0 Å². The van der Waals surface area contributed by atoms with E-state index in [0.29, 0.717) is 13.0 Å². The Balaban J connectivity index is 2.22. The van der Waals surface area contributed by atoms with Crippen LogP contribution in [0.3, 0.4) is 0 Å². The monoisotopic (exact) mass is 1060 g/mol. The smallest absolute Gasteiger partial charge is 0.457 e. The fraction of sp³-hybridized carbons (Fsp3) is 0.983. The first-order chi connectivity index (χ1) is 35.5. The second-order valence-corrected chi connectivity index (χ2v) is 23.7. The Morgan fingerprint density at radius 1 is 0.384 bits per heavy atom. The minimum Gasteiger partial charge on any atom is -0.457 e. The molecule has 1 fully saturated rings. The van der Waals surface area contributed by atoms with Crippen molar-refractivity contribution in [2.45, 2.75) is 358 Å². The van der Waals surface area contributed by atoms with Gasteiger partial charge >= 0.3 is 13.8 Å². The maximum Gasteiger partial charge on any atom is 0.472 e. The van der Waals surface area contributed by atoms with Gasteiger partial charge in [-0.05, 0) is 12.8 Å². The van der Waals surface area contributed by atoms with Crippen LogP contribution in [0.1, 0.15) is 316 Å². The van der Waals surface area contributed by atoms with Crippen LogP contribution in [0.5, 0.6) is 0 Å². The number of phosphoric ester groups is 1. The van der Waals surface area contributed by atoms with Gasteiger partial charge in [-0.15, -0.1) is 0 Å². The molecule has 1 saturated carbocycles. The van der Waals surface area contributed by atoms with Gasteiger partial charge < -0.3 is 39.9 Å². The van der Waals surface area contributed by atoms with Crippen LogP contribution in [0.4, 0.5) is 0 Å². The molecular weight excluding hydrogens is 944 g/mol. The zero-order valence-electron chi connectivity index (χ0n) is 47.5. The van der Waals surface area contributed by atoms with Crippen molar-refractivity contribution in [2.75, 3.05) is 19.8 Å². The standard InChI is InChI=1S/C60H119O12P/c1-3-5-7-9-11-13-15-17-19-21-23-25-27-28-30-32-34-36-38-40-42-44-46-48-50-69-51-53(52-70-73(67,68)72-60-58(65)56(63)55(62)57(64)59(60)66)71-54(61)49-47-45-43-41-39-37-35-33-31-29-26-24-22-20-18-16-14-12-10-8-6-4-2/h53,55-60,62-66H,3-52H2,1-2H3,(H,67,68). The van der Waals surface area contributed by atoms with E-state index in [1.54, 1.807) is 0 Å². The van der Waals surface area contributed by atoms with Crippen LogP contribution in [0, 0.1) is 0 Å². The third-order valence-corrected chi connectivity index (χ3v) is 16.2. The summed E-state index contributed by atoms with van der Waals surface area (Å²) in [5.41, 5.74) is 0. The van der Waals surface area contributed by atoms with Gasteiger partial charge in [0.15, 0.2) is 0 Å². The highest BCUT2D eigenvalue weighted by atomic mass is 31.2. The Labute approximate surface area is 448 Å². The maximum atomic E-state index is 12.9. The molecular formula is C60H119O12P. The molecule has 6 N–H and O–H groups in total. The van der Waals surface area contributed by atoms with Gasteiger partial charge in [-0.2, -0.15) is 0 Å². The molecule has 0 amide bonds. The first kappa shape index (κ1) is 70.4. The predicted molar refractivity (Wildman–Crippen MR) is 300 cm³/mol. The van der Waals surface area contributed by atoms with E-state index in [4.69, 9.17) is 18.5 Å². The second-order valence-electron chi connectivity index (χ2n) is 22.3. The van der Waals surface area contributed by atoms with Crippen LogP contribution in [0.25, 0.3) is 0 Å². The van der Waals surface area contributed by atoms with Crippen molar-refractivity contribution >= 4 is 13.8 Å². The average molecular weight is 1060 g/mol. The minimum absolute atomic E-state index is 0.0667. The molecule has 12 nitrogen and oxygen atoms in total. The third-order valence-electron chi connectivity index (χ3n) is 15.2. The van der Waals surface area contributed by atoms with Gasteiger partial charge in [-0.25, -0.2) is 4.57 Å². The summed E-state index contributed by atoms with van der Waals surface area (Å²) in [6, 6.07) is 0. The molecule has 0 radical (unpaired) electrons. The molecule has 0 aromatic heterocycles. The van der Waals surface area contributed by atoms with Crippen LogP contribution < -0.4 is 0 Å². The van der Waals surface area contributed by atoms with Crippen molar-refractivity contribution in [1.82, 2.24) is 0 Å². The molecule has 1 rings (SSSR count). The van der Waals surface area contributed by atoms with Crippen molar-refractivity contribution in [3.63, 3.8) is 0 Å². The number of rotatable bonds is 56. The lowest BCUT2D eigenvalue weighted by Gasteiger charge is -2.41. The van der Waals surface area contributed by atoms with Gasteiger partial charge in [0, 0.05) is 13.0 Å². The first-order valence-corrected chi connectivity index (χ1v) is 32.9. The summed E-state index contributed by atoms with van der Waals surface area (Å²) < 4.78 is 34.5. The van der Waals surface area contributed by atoms with Gasteiger partial charge in [-0.1, -0.05) is 296 Å². The molecule has 1 aliphatic rings. The number of unbranched alkanes of at least 4 members (excludes halogenated alkanes) is 44. The first-order valence-electron chi connectivity index (χ1n) is 31.4. The van der Waals surface area contributed by atoms with E-state index in [2.05, 4.69) is 13.8 Å². The number of esters is 1. The molecule has 0 aliphatic heterocycles. The topological polar surface area (TPSA) is 192 Å². The van der Waals surface area contributed by atoms with E-state index in [1.165, 1.54) is 250 Å². The Morgan fingerprint density at radius 2 is 0.644 bits per heavy atom. The number of aliphatic hydroxyl groups is 5. The minimum atomic E-state index is -5.02. The number of phosphoric acid groups is 1. The number of ether oxygens (including phenoxy) is 2. The summed E-state index contributed by atoms with van der Waals surface area (Å²) in [7, 11) is -5.02. The average Bonchev–Trinajstić information content (AvgIpc) is 3.38. The highest BCUT2D eigenvalue weighted by Gasteiger charge is 2.51. The van der Waals surface area contributed by atoms with Gasteiger partial charge in [0.05, 0.1) is 13.2 Å². The van der Waals surface area contributed by atoms with Gasteiger partial charge in [-0.3, -0.25) is 13.8 Å². The van der Waals surface area contributed by atoms with Gasteiger partial charge in [0.1, 0.15) is 42.7 Å². The Hall–Kier alpha value is -0.660. The lowest BCUT2D eigenvalue weighted by Crippen LogP contribution is -2.64. The van der Waals surface area contributed by atoms with E-state index in [0.717, 1.165) is 38.5 Å². The lowest BCUT2D eigenvalue weighted by molar-refractivity contribution is -0.220. The van der Waals surface area contributed by atoms with Crippen molar-refractivity contribution in [3.05, 3.63) is 0 Å². The Bertz CT molecular complexity index is 1210. The zero-order valence-corrected chi connectivity index (χ0v) is 48.4. The van der Waals surface area contributed by atoms with E-state index in [9.17, 15) is 39.8 Å². The van der Waals surface area contributed by atoms with Crippen LogP contribution >= 0.6 is 7.82 Å². The quantitative estimate of drug-likeness (QED) is 0.0192. The molecule has 13 heteroatoms. The molecule has 6 atom stereocenters. The normalized spacial score (nSPS) is 20.4. The van der Waals surface area contributed by atoms with Crippen molar-refractivity contribution in [1.29, 1.82) is 0 Å². The number of hydrogen-bond donors (Lipinski definition) is 6. The summed E-state index contributed by atoms with van der Waals surface area (Å²) in [6.07, 6.45) is 47.6. The molecule has 0 bridgehead atoms. The van der Waals surface area contributed by atoms with Crippen LogP contribution in [-0.4, -0.2) is 98.9 Å². The SMILES string of the molecule is CCCCCCCCCCCCCCCCCCCCCCCCCCOCC(COP(=O)(O)OC1C(O)C(O)C(O)C(O)C1O)OC(=O)CCCCCCCCCCCCCCCCCCCCCCCC. The molecule has 6 unspecified atom stereocenters. The summed E-state index contributed by atoms with van der Waals surface area (Å²) >= 11 is 0. The summed E-state index contributed by atoms with van der Waals surface area (Å²) in [5.74, 6) is -0.466. The Kier molecular flexibility index (Phi) is 49.0. The highest BCUT2D eigenvalue weighted by molar-refractivity contribution is 7.47. The number of hydrogen-bond acceptors (Lipinski definition) is 11. The van der Waals surface area contributed by atoms with Gasteiger partial charge in [0.25, 0.3) is 0 Å². The molecule has 0 spiro atoms. The predicted octanol–water partition coefficient (Wildman–Crippen LogP) is 15.6. The molecule has 0 aromatic rings. The van der Waals surface area contributed by atoms with E-state index in [-0.39, 0.29) is 13.0 Å². The zero-order chi connectivity index (χ0) is 53.3. The highest BCUT2D eigenvalue weighted by Crippen LogP contribution is 2.47. The van der Waals surface area contributed by atoms with Crippen LogP contribution in [-0.2, 0) is 27.9 Å². The van der Waals surface area contributed by atoms with Crippen molar-refractivity contribution in [2.24, 2.45) is 0 Å². The fourth-order valence-electron chi connectivity index (χ4n) is 10.3. The van der Waals surface area contributed by atoms with Gasteiger partial charge in [0.2, 0.25) is 0 Å². The molecule has 0 heterocycles. The van der Waals surface area contributed by atoms with E-state index in [1.807, 2.05) is 0 Å². The number of carbonyl (C=O) groups excluding carboxylic acids is 1. The molecule has 0 saturated heterocycles. The largest absolute Gasteiger partial charge is 0.472 e. The van der Waals surface area contributed by atoms with Crippen LogP contribution in [0.15, 0.2) is 0 Å². The number of aliphatic hydroxyl groups excluding tert-OH is 5. The summed E-state index contributed by atoms with van der Waals surface area (Å²) in [5, 5.41) is 50.5. The van der Waals surface area contributed by atoms with Crippen molar-refractivity contribution in [3.8, 4) is 0 Å². The number of carbonyl (C=O) groups is 1. The molecule has 1 aliphatic carbocycles. The summed E-state index contributed by atoms with van der Waals surface area (Å²) in [4.78, 5) is 23.4. The Morgan fingerprint density at radius 3 is 0.945 bits per heavy atom. The van der Waals surface area contributed by atoms with E-state index < -0.39 is 63.1 Å².